The summed E-state index contributed by atoms with van der Waals surface area (Å²) in [5.41, 5.74) is 5.14. The molecule has 0 saturated heterocycles. The van der Waals surface area contributed by atoms with Crippen molar-refractivity contribution in [3.63, 3.8) is 0 Å². The van der Waals surface area contributed by atoms with Gasteiger partial charge < -0.3 is 21.1 Å². The predicted molar refractivity (Wildman–Crippen MR) is 102 cm³/mol. The summed E-state index contributed by atoms with van der Waals surface area (Å²) in [5, 5.41) is 5.08. The molecular formula is C20H23F2N3O3. The van der Waals surface area contributed by atoms with Gasteiger partial charge in [-0.1, -0.05) is 19.9 Å². The Kier molecular flexibility index (Phi) is 7.45. The maximum Gasteiger partial charge on any atom is 0.257 e. The highest BCUT2D eigenvalue weighted by Gasteiger charge is 2.27. The van der Waals surface area contributed by atoms with Crippen LogP contribution >= 0.6 is 0 Å². The number of hydrogen-bond acceptors (Lipinski definition) is 4. The Labute approximate surface area is 162 Å². The molecule has 2 amide bonds. The second-order valence-electron chi connectivity index (χ2n) is 6.44. The third kappa shape index (κ3) is 5.50. The lowest BCUT2D eigenvalue weighted by atomic mass is 10.0. The lowest BCUT2D eigenvalue weighted by Gasteiger charge is -2.22. The molecule has 0 aliphatic heterocycles. The number of nitrogens with two attached hydrogens (primary N) is 1. The fourth-order valence-electron chi connectivity index (χ4n) is 2.49. The molecule has 6 nitrogen and oxygen atoms in total. The van der Waals surface area contributed by atoms with Crippen molar-refractivity contribution in [3.8, 4) is 5.75 Å². The van der Waals surface area contributed by atoms with Gasteiger partial charge in [-0.05, 0) is 42.3 Å². The van der Waals surface area contributed by atoms with Crippen LogP contribution < -0.4 is 21.1 Å². The first-order valence-corrected chi connectivity index (χ1v) is 8.82. The number of rotatable bonds is 8. The Hall–Kier alpha value is -3.00. The van der Waals surface area contributed by atoms with Crippen LogP contribution in [0.3, 0.4) is 0 Å². The molecule has 0 aliphatic rings. The summed E-state index contributed by atoms with van der Waals surface area (Å²) < 4.78 is 33.0. The molecule has 28 heavy (non-hydrogen) atoms. The van der Waals surface area contributed by atoms with Gasteiger partial charge in [0.25, 0.3) is 5.91 Å². The first-order valence-electron chi connectivity index (χ1n) is 8.82. The Morgan fingerprint density at radius 2 is 1.68 bits per heavy atom. The van der Waals surface area contributed by atoms with Gasteiger partial charge in [-0.2, -0.15) is 0 Å². The van der Waals surface area contributed by atoms with Gasteiger partial charge >= 0.3 is 0 Å². The van der Waals surface area contributed by atoms with E-state index in [-0.39, 0.29) is 5.92 Å². The summed E-state index contributed by atoms with van der Waals surface area (Å²) in [5.74, 6) is -3.19. The molecule has 0 saturated carbocycles. The average molecular weight is 391 g/mol. The number of carbonyl (C=O) groups excluding carboxylic acids is 2. The zero-order valence-electron chi connectivity index (χ0n) is 15.7. The van der Waals surface area contributed by atoms with Crippen molar-refractivity contribution in [2.45, 2.75) is 19.9 Å². The molecule has 0 spiro atoms. The molecule has 0 heterocycles. The molecule has 1 atom stereocenters. The largest absolute Gasteiger partial charge is 0.492 e. The van der Waals surface area contributed by atoms with Crippen molar-refractivity contribution in [2.75, 3.05) is 18.5 Å². The smallest absolute Gasteiger partial charge is 0.257 e. The van der Waals surface area contributed by atoms with Crippen molar-refractivity contribution in [3.05, 3.63) is 59.7 Å². The predicted octanol–water partition coefficient (Wildman–Crippen LogP) is 2.70. The van der Waals surface area contributed by atoms with Crippen LogP contribution in [0.2, 0.25) is 0 Å². The van der Waals surface area contributed by atoms with Crippen molar-refractivity contribution in [1.29, 1.82) is 0 Å². The summed E-state index contributed by atoms with van der Waals surface area (Å²) in [6, 6.07) is 8.76. The van der Waals surface area contributed by atoms with Crippen LogP contribution in [0.25, 0.3) is 0 Å². The normalized spacial score (nSPS) is 11.8. The lowest BCUT2D eigenvalue weighted by Crippen LogP contribution is -2.47. The van der Waals surface area contributed by atoms with Crippen LogP contribution in [0.1, 0.15) is 24.2 Å². The number of ether oxygens (including phenoxy) is 1. The molecule has 2 rings (SSSR count). The van der Waals surface area contributed by atoms with Crippen molar-refractivity contribution >= 4 is 17.5 Å². The Balaban J connectivity index is 2.08. The Morgan fingerprint density at radius 1 is 1.07 bits per heavy atom. The van der Waals surface area contributed by atoms with E-state index >= 15 is 0 Å². The fourth-order valence-corrected chi connectivity index (χ4v) is 2.49. The van der Waals surface area contributed by atoms with Crippen LogP contribution in [0.4, 0.5) is 14.5 Å². The van der Waals surface area contributed by atoms with Gasteiger partial charge in [0.1, 0.15) is 35.6 Å². The topological polar surface area (TPSA) is 93.5 Å². The van der Waals surface area contributed by atoms with E-state index in [1.54, 1.807) is 38.1 Å². The Morgan fingerprint density at radius 3 is 2.21 bits per heavy atom. The molecule has 8 heteroatoms. The van der Waals surface area contributed by atoms with Crippen LogP contribution in [-0.4, -0.2) is 31.0 Å². The quantitative estimate of drug-likeness (QED) is 0.645. The number of amides is 2. The van der Waals surface area contributed by atoms with Crippen LogP contribution in [0.5, 0.6) is 5.75 Å². The van der Waals surface area contributed by atoms with Crippen molar-refractivity contribution < 1.29 is 23.1 Å². The van der Waals surface area contributed by atoms with Gasteiger partial charge in [0, 0.05) is 12.2 Å². The number of carbonyl (C=O) groups is 2. The molecule has 0 aromatic heterocycles. The zero-order chi connectivity index (χ0) is 20.7. The maximum absolute atomic E-state index is 13.8. The molecule has 1 unspecified atom stereocenters. The summed E-state index contributed by atoms with van der Waals surface area (Å²) in [6.45, 7) is 4.19. The van der Waals surface area contributed by atoms with Crippen molar-refractivity contribution in [2.24, 2.45) is 11.7 Å². The SMILES string of the molecule is CC(C)C(NC(=O)c1c(F)cccc1F)C(=O)Nc1ccc(OCCN)cc1. The minimum atomic E-state index is -0.992. The highest BCUT2D eigenvalue weighted by molar-refractivity contribution is 6.01. The Bertz CT molecular complexity index is 806. The molecule has 2 aromatic carbocycles. The van der Waals surface area contributed by atoms with Gasteiger partial charge in [-0.15, -0.1) is 0 Å². The van der Waals surface area contributed by atoms with Gasteiger partial charge in [0.15, 0.2) is 0 Å². The minimum absolute atomic E-state index is 0.314. The third-order valence-corrected chi connectivity index (χ3v) is 3.93. The van der Waals surface area contributed by atoms with Crippen molar-refractivity contribution in [1.82, 2.24) is 5.32 Å². The summed E-state index contributed by atoms with van der Waals surface area (Å²) >= 11 is 0. The number of halogens is 2. The van der Waals surface area contributed by atoms with Gasteiger partial charge in [-0.3, -0.25) is 9.59 Å². The first-order chi connectivity index (χ1) is 13.3. The number of nitrogens with one attached hydrogen (secondary N) is 2. The molecular weight excluding hydrogens is 368 g/mol. The van der Waals surface area contributed by atoms with Gasteiger partial charge in [0.2, 0.25) is 5.91 Å². The number of hydrogen-bond donors (Lipinski definition) is 3. The summed E-state index contributed by atoms with van der Waals surface area (Å²) in [6.07, 6.45) is 0. The van der Waals surface area contributed by atoms with E-state index in [2.05, 4.69) is 10.6 Å². The summed E-state index contributed by atoms with van der Waals surface area (Å²) in [7, 11) is 0. The van der Waals surface area contributed by atoms with Crippen LogP contribution in [0.15, 0.2) is 42.5 Å². The monoisotopic (exact) mass is 391 g/mol. The zero-order valence-corrected chi connectivity index (χ0v) is 15.7. The summed E-state index contributed by atoms with van der Waals surface area (Å²) in [4.78, 5) is 24.9. The molecule has 4 N–H and O–H groups in total. The van der Waals surface area contributed by atoms with E-state index < -0.39 is 35.1 Å². The van der Waals surface area contributed by atoms with Crippen LogP contribution in [0, 0.1) is 17.6 Å². The number of anilines is 1. The fraction of sp³-hybridized carbons (Fsp3) is 0.300. The first kappa shape index (κ1) is 21.3. The van der Waals surface area contributed by atoms with Crippen LogP contribution in [-0.2, 0) is 4.79 Å². The van der Waals surface area contributed by atoms with E-state index in [0.717, 1.165) is 18.2 Å². The van der Waals surface area contributed by atoms with E-state index in [4.69, 9.17) is 10.5 Å². The molecule has 2 aromatic rings. The molecule has 0 radical (unpaired) electrons. The van der Waals surface area contributed by atoms with Gasteiger partial charge in [0.05, 0.1) is 0 Å². The van der Waals surface area contributed by atoms with E-state index in [1.807, 2.05) is 0 Å². The maximum atomic E-state index is 13.8. The van der Waals surface area contributed by atoms with E-state index in [0.29, 0.717) is 24.6 Å². The second kappa shape index (κ2) is 9.80. The lowest BCUT2D eigenvalue weighted by molar-refractivity contribution is -0.118. The standard InChI is InChI=1S/C20H23F2N3O3/c1-12(2)18(25-19(26)17-15(21)4-3-5-16(17)22)20(27)24-13-6-8-14(9-7-13)28-11-10-23/h3-9,12,18H,10-11,23H2,1-2H3,(H,24,27)(H,25,26). The second-order valence-corrected chi connectivity index (χ2v) is 6.44. The molecule has 150 valence electrons. The van der Waals surface area contributed by atoms with Gasteiger partial charge in [-0.25, -0.2) is 8.78 Å². The molecule has 0 aliphatic carbocycles. The average Bonchev–Trinajstić information content (AvgIpc) is 2.65. The minimum Gasteiger partial charge on any atom is -0.492 e. The highest BCUT2D eigenvalue weighted by Crippen LogP contribution is 2.17. The third-order valence-electron chi connectivity index (χ3n) is 3.93. The highest BCUT2D eigenvalue weighted by atomic mass is 19.1. The molecule has 0 fully saturated rings. The van der Waals surface area contributed by atoms with E-state index in [1.165, 1.54) is 0 Å². The number of benzene rings is 2. The molecule has 0 bridgehead atoms. The van der Waals surface area contributed by atoms with E-state index in [9.17, 15) is 18.4 Å².